The summed E-state index contributed by atoms with van der Waals surface area (Å²) in [6, 6.07) is -0.560. The first kappa shape index (κ1) is 17.7. The number of hydrogen-bond acceptors (Lipinski definition) is 4. The molecule has 138 valence electrons. The Morgan fingerprint density at radius 2 is 1.88 bits per heavy atom. The molecule has 0 unspecified atom stereocenters. The van der Waals surface area contributed by atoms with Crippen LogP contribution in [0.2, 0.25) is 0 Å². The van der Waals surface area contributed by atoms with E-state index < -0.39 is 17.5 Å². The third-order valence-electron chi connectivity index (χ3n) is 5.35. The van der Waals surface area contributed by atoms with E-state index in [1.165, 1.54) is 0 Å². The van der Waals surface area contributed by atoms with E-state index in [9.17, 15) is 19.2 Å². The molecule has 0 aromatic rings. The van der Waals surface area contributed by atoms with Crippen molar-refractivity contribution in [3.8, 4) is 0 Å². The molecule has 0 atom stereocenters. The smallest absolute Gasteiger partial charge is 0.344 e. The number of rotatable bonds is 6. The van der Waals surface area contributed by atoms with Crippen molar-refractivity contribution in [1.82, 2.24) is 21.1 Å². The summed E-state index contributed by atoms with van der Waals surface area (Å²) in [6.45, 7) is 2.56. The molecule has 25 heavy (non-hydrogen) atoms. The van der Waals surface area contributed by atoms with E-state index in [2.05, 4.69) is 23.0 Å². The first-order valence-electron chi connectivity index (χ1n) is 9.15. The van der Waals surface area contributed by atoms with Gasteiger partial charge in [0.25, 0.3) is 5.91 Å². The molecular formula is C17H26N4O4. The summed E-state index contributed by atoms with van der Waals surface area (Å²) < 4.78 is 0. The van der Waals surface area contributed by atoms with Crippen molar-refractivity contribution in [1.29, 1.82) is 0 Å². The fourth-order valence-corrected chi connectivity index (χ4v) is 3.45. The molecule has 0 aromatic carbocycles. The molecule has 0 bridgehead atoms. The van der Waals surface area contributed by atoms with E-state index in [4.69, 9.17) is 0 Å². The molecule has 3 rings (SSSR count). The van der Waals surface area contributed by atoms with Gasteiger partial charge in [0.2, 0.25) is 11.8 Å². The van der Waals surface area contributed by atoms with Crippen molar-refractivity contribution in [2.45, 2.75) is 63.8 Å². The van der Waals surface area contributed by atoms with Crippen LogP contribution in [0.25, 0.3) is 0 Å². The second kappa shape index (κ2) is 7.01. The highest BCUT2D eigenvalue weighted by molar-refractivity contribution is 6.08. The van der Waals surface area contributed by atoms with Crippen LogP contribution in [0.3, 0.4) is 0 Å². The van der Waals surface area contributed by atoms with Gasteiger partial charge < -0.3 is 10.6 Å². The number of amides is 5. The van der Waals surface area contributed by atoms with Gasteiger partial charge in [-0.3, -0.25) is 19.8 Å². The van der Waals surface area contributed by atoms with E-state index in [0.717, 1.165) is 30.7 Å². The van der Waals surface area contributed by atoms with Crippen molar-refractivity contribution in [2.24, 2.45) is 11.8 Å². The Kier molecular flexibility index (Phi) is 4.96. The lowest BCUT2D eigenvalue weighted by atomic mass is 9.77. The van der Waals surface area contributed by atoms with Gasteiger partial charge in [-0.25, -0.2) is 4.79 Å². The molecule has 3 aliphatic rings. The molecule has 0 radical (unpaired) electrons. The largest absolute Gasteiger partial charge is 0.356 e. The van der Waals surface area contributed by atoms with E-state index in [-0.39, 0.29) is 24.2 Å². The Hall–Kier alpha value is -2.12. The topological polar surface area (TPSA) is 108 Å². The number of hydrazine groups is 1. The van der Waals surface area contributed by atoms with Gasteiger partial charge in [-0.1, -0.05) is 6.92 Å². The predicted octanol–water partition coefficient (Wildman–Crippen LogP) is 0.825. The maximum Gasteiger partial charge on any atom is 0.344 e. The minimum atomic E-state index is -0.852. The van der Waals surface area contributed by atoms with Crippen LogP contribution in [-0.4, -0.2) is 40.8 Å². The van der Waals surface area contributed by atoms with Gasteiger partial charge >= 0.3 is 6.03 Å². The van der Waals surface area contributed by atoms with Crippen LogP contribution in [0.15, 0.2) is 0 Å². The Morgan fingerprint density at radius 1 is 1.20 bits per heavy atom. The van der Waals surface area contributed by atoms with Crippen molar-refractivity contribution in [2.75, 3.05) is 6.54 Å². The minimum Gasteiger partial charge on any atom is -0.356 e. The maximum atomic E-state index is 12.6. The normalized spacial score (nSPS) is 28.8. The maximum absolute atomic E-state index is 12.6. The number of carbonyl (C=O) groups is 4. The quantitative estimate of drug-likeness (QED) is 0.487. The highest BCUT2D eigenvalue weighted by Crippen LogP contribution is 2.35. The fourth-order valence-electron chi connectivity index (χ4n) is 3.45. The van der Waals surface area contributed by atoms with Crippen LogP contribution in [0.4, 0.5) is 4.79 Å². The fraction of sp³-hybridized carbons (Fsp3) is 0.765. The zero-order valence-corrected chi connectivity index (χ0v) is 14.6. The molecular weight excluding hydrogens is 324 g/mol. The summed E-state index contributed by atoms with van der Waals surface area (Å²) in [5.41, 5.74) is 1.55. The second-order valence-electron chi connectivity index (χ2n) is 7.54. The molecule has 1 saturated heterocycles. The monoisotopic (exact) mass is 350 g/mol. The zero-order valence-electron chi connectivity index (χ0n) is 14.6. The number of nitrogens with zero attached hydrogens (tertiary/aromatic N) is 1. The summed E-state index contributed by atoms with van der Waals surface area (Å²) in [6.07, 6.45) is 5.49. The molecule has 3 fully saturated rings. The van der Waals surface area contributed by atoms with Crippen LogP contribution in [0.1, 0.15) is 58.3 Å². The van der Waals surface area contributed by atoms with Crippen LogP contribution < -0.4 is 16.1 Å². The average Bonchev–Trinajstić information content (AvgIpc) is 3.40. The molecule has 2 aliphatic carbocycles. The second-order valence-corrected chi connectivity index (χ2v) is 7.54. The van der Waals surface area contributed by atoms with Crippen molar-refractivity contribution >= 4 is 23.8 Å². The lowest BCUT2D eigenvalue weighted by Crippen LogP contribution is -2.51. The van der Waals surface area contributed by atoms with Crippen LogP contribution in [0.5, 0.6) is 0 Å². The molecule has 1 aliphatic heterocycles. The predicted molar refractivity (Wildman–Crippen MR) is 88.9 cm³/mol. The van der Waals surface area contributed by atoms with Gasteiger partial charge in [-0.2, -0.15) is 5.01 Å². The van der Waals surface area contributed by atoms with Crippen molar-refractivity contribution < 1.29 is 19.2 Å². The molecule has 1 heterocycles. The highest BCUT2D eigenvalue weighted by Gasteiger charge is 2.52. The first-order chi connectivity index (χ1) is 11.9. The minimum absolute atomic E-state index is 0.0444. The van der Waals surface area contributed by atoms with E-state index in [0.29, 0.717) is 31.7 Å². The molecule has 3 N–H and O–H groups in total. The zero-order chi connectivity index (χ0) is 18.0. The molecule has 1 spiro atoms. The van der Waals surface area contributed by atoms with Gasteiger partial charge in [-0.05, 0) is 50.9 Å². The number of carbonyl (C=O) groups excluding carboxylic acids is 4. The van der Waals surface area contributed by atoms with Crippen molar-refractivity contribution in [3.63, 3.8) is 0 Å². The number of nitrogens with one attached hydrogen (secondary N) is 3. The summed E-state index contributed by atoms with van der Waals surface area (Å²) in [5, 5.41) is 6.37. The van der Waals surface area contributed by atoms with E-state index in [1.54, 1.807) is 0 Å². The lowest BCUT2D eigenvalue weighted by Gasteiger charge is -2.33. The Bertz CT molecular complexity index is 579. The number of imide groups is 1. The molecule has 0 aromatic heterocycles. The molecule has 8 nitrogen and oxygen atoms in total. The molecule has 2 saturated carbocycles. The molecule has 5 amide bonds. The summed E-state index contributed by atoms with van der Waals surface area (Å²) >= 11 is 0. The van der Waals surface area contributed by atoms with E-state index >= 15 is 0 Å². The number of urea groups is 1. The van der Waals surface area contributed by atoms with Gasteiger partial charge in [0.15, 0.2) is 0 Å². The van der Waals surface area contributed by atoms with Gasteiger partial charge in [0.05, 0.1) is 0 Å². The van der Waals surface area contributed by atoms with Crippen LogP contribution >= 0.6 is 0 Å². The average molecular weight is 350 g/mol. The number of hydrogen-bond donors (Lipinski definition) is 3. The molecule has 8 heteroatoms. The lowest BCUT2D eigenvalue weighted by molar-refractivity contribution is -0.140. The Morgan fingerprint density at radius 3 is 2.52 bits per heavy atom. The Balaban J connectivity index is 1.43. The Labute approximate surface area is 147 Å². The first-order valence-corrected chi connectivity index (χ1v) is 9.15. The highest BCUT2D eigenvalue weighted by atomic mass is 16.2. The standard InChI is InChI=1S/C17H26N4O4/c1-11-6-8-17(9-7-11)15(24)21(16(25)19-17)20-13(22)3-2-10-18-14(23)12-4-5-12/h11-12H,2-10H2,1H3,(H,18,23)(H,19,25)(H,20,22). The van der Waals surface area contributed by atoms with Gasteiger partial charge in [0, 0.05) is 18.9 Å². The van der Waals surface area contributed by atoms with Gasteiger partial charge in [0.1, 0.15) is 5.54 Å². The summed E-state index contributed by atoms with van der Waals surface area (Å²) in [5.74, 6) is -0.0212. The van der Waals surface area contributed by atoms with Crippen LogP contribution in [-0.2, 0) is 14.4 Å². The van der Waals surface area contributed by atoms with Crippen molar-refractivity contribution in [3.05, 3.63) is 0 Å². The third kappa shape index (κ3) is 3.93. The van der Waals surface area contributed by atoms with E-state index in [1.807, 2.05) is 0 Å². The third-order valence-corrected chi connectivity index (χ3v) is 5.35. The SMILES string of the molecule is CC1CCC2(CC1)NC(=O)N(NC(=O)CCCNC(=O)C1CC1)C2=O. The van der Waals surface area contributed by atoms with Crippen LogP contribution in [0, 0.1) is 11.8 Å². The van der Waals surface area contributed by atoms with Gasteiger partial charge in [-0.15, -0.1) is 0 Å². The summed E-state index contributed by atoms with van der Waals surface area (Å²) in [4.78, 5) is 48.2. The summed E-state index contributed by atoms with van der Waals surface area (Å²) in [7, 11) is 0.